The molecule has 0 radical (unpaired) electrons. The molecular weight excluding hydrogens is 520 g/mol. The molecule has 0 spiro atoms. The van der Waals surface area contributed by atoms with E-state index in [0.29, 0.717) is 46.8 Å². The van der Waals surface area contributed by atoms with E-state index in [0.717, 1.165) is 10.9 Å². The van der Waals surface area contributed by atoms with Gasteiger partial charge in [-0.05, 0) is 61.4 Å². The maximum Gasteiger partial charge on any atom is 0.322 e. The van der Waals surface area contributed by atoms with Gasteiger partial charge in [0.15, 0.2) is 0 Å². The molecule has 1 heterocycles. The van der Waals surface area contributed by atoms with Crippen molar-refractivity contribution in [2.24, 2.45) is 0 Å². The Bertz CT molecular complexity index is 1420. The third-order valence-electron chi connectivity index (χ3n) is 6.01. The van der Waals surface area contributed by atoms with Gasteiger partial charge in [0.2, 0.25) is 0 Å². The second-order valence-electron chi connectivity index (χ2n) is 8.35. The van der Waals surface area contributed by atoms with Gasteiger partial charge in [0, 0.05) is 16.7 Å². The summed E-state index contributed by atoms with van der Waals surface area (Å²) in [6.45, 7) is 4.51. The highest BCUT2D eigenvalue weighted by molar-refractivity contribution is 9.10. The van der Waals surface area contributed by atoms with E-state index in [2.05, 4.69) is 21.2 Å². The molecule has 3 aromatic carbocycles. The van der Waals surface area contributed by atoms with Crippen LogP contribution >= 0.6 is 15.9 Å². The molecule has 2 amide bonds. The topological polar surface area (TPSA) is 76.5 Å². The fourth-order valence-corrected chi connectivity index (χ4v) is 4.60. The molecule has 1 aromatic heterocycles. The van der Waals surface area contributed by atoms with Crippen LogP contribution < -0.4 is 15.6 Å². The van der Waals surface area contributed by atoms with Gasteiger partial charge in [-0.2, -0.15) is 0 Å². The first-order valence-corrected chi connectivity index (χ1v) is 12.8. The predicted octanol–water partition coefficient (Wildman–Crippen LogP) is 6.55. The van der Waals surface area contributed by atoms with Crippen molar-refractivity contribution in [2.75, 3.05) is 19.0 Å². The van der Waals surface area contributed by atoms with E-state index in [-0.39, 0.29) is 11.6 Å². The summed E-state index contributed by atoms with van der Waals surface area (Å²) >= 11 is 3.42. The summed E-state index contributed by atoms with van der Waals surface area (Å²) < 4.78 is 8.11. The lowest BCUT2D eigenvalue weighted by Crippen LogP contribution is -2.41. The van der Waals surface area contributed by atoms with E-state index >= 15 is 0 Å². The summed E-state index contributed by atoms with van der Waals surface area (Å²) in [5.74, 6) is 1.04. The lowest BCUT2D eigenvalue weighted by molar-refractivity contribution is 0.181. The number of rotatable bonds is 8. The molecule has 0 bridgehead atoms. The number of urea groups is 1. The Hall–Kier alpha value is -3.65. The van der Waals surface area contributed by atoms with Crippen LogP contribution in [0.25, 0.3) is 16.6 Å². The van der Waals surface area contributed by atoms with Crippen LogP contribution in [-0.4, -0.2) is 34.1 Å². The van der Waals surface area contributed by atoms with Crippen LogP contribution in [0.2, 0.25) is 0 Å². The average molecular weight is 549 g/mol. The van der Waals surface area contributed by atoms with Crippen molar-refractivity contribution in [3.8, 4) is 11.4 Å². The molecule has 4 aromatic rings. The van der Waals surface area contributed by atoms with Gasteiger partial charge < -0.3 is 15.0 Å². The van der Waals surface area contributed by atoms with Crippen molar-refractivity contribution >= 4 is 38.6 Å². The first-order chi connectivity index (χ1) is 17.5. The number of nitrogens with zero attached hydrogens (tertiary/aromatic N) is 3. The molecule has 0 aliphatic heterocycles. The zero-order valence-electron chi connectivity index (χ0n) is 20.6. The van der Waals surface area contributed by atoms with Crippen LogP contribution in [-0.2, 0) is 0 Å². The molecule has 0 saturated carbocycles. The van der Waals surface area contributed by atoms with Gasteiger partial charge in [-0.15, -0.1) is 0 Å². The van der Waals surface area contributed by atoms with Crippen molar-refractivity contribution in [1.29, 1.82) is 0 Å². The molecule has 8 heteroatoms. The first kappa shape index (κ1) is 25.4. The van der Waals surface area contributed by atoms with Crippen LogP contribution in [0.3, 0.4) is 0 Å². The number of carbonyl (C=O) groups excluding carboxylic acids is 1. The summed E-state index contributed by atoms with van der Waals surface area (Å²) in [6.07, 6.45) is 1.31. The summed E-state index contributed by atoms with van der Waals surface area (Å²) in [5.41, 5.74) is 1.66. The minimum absolute atomic E-state index is 0.205. The molecule has 0 aliphatic rings. The standard InChI is InChI=1S/C28H29BrN4O3/c1-4-18-32(28(35)30-20-16-14-19(29)15-17-20)23(5-2)26-31-22-11-7-6-10-21(22)27(34)33(26)24-12-8-9-13-25(24)36-3/h6-17,23H,4-5,18H2,1-3H3,(H,30,35). The molecule has 1 unspecified atom stereocenters. The van der Waals surface area contributed by atoms with E-state index in [1.165, 1.54) is 0 Å². The highest BCUT2D eigenvalue weighted by Crippen LogP contribution is 2.30. The van der Waals surface area contributed by atoms with Crippen LogP contribution in [0.1, 0.15) is 38.6 Å². The van der Waals surface area contributed by atoms with Crippen molar-refractivity contribution in [1.82, 2.24) is 14.5 Å². The number of nitrogens with one attached hydrogen (secondary N) is 1. The van der Waals surface area contributed by atoms with Crippen molar-refractivity contribution < 1.29 is 9.53 Å². The van der Waals surface area contributed by atoms with Gasteiger partial charge >= 0.3 is 6.03 Å². The summed E-state index contributed by atoms with van der Waals surface area (Å²) in [4.78, 5) is 34.1. The molecule has 0 fully saturated rings. The Labute approximate surface area is 218 Å². The Morgan fingerprint density at radius 2 is 1.75 bits per heavy atom. The van der Waals surface area contributed by atoms with E-state index in [4.69, 9.17) is 9.72 Å². The Balaban J connectivity index is 1.89. The average Bonchev–Trinajstić information content (AvgIpc) is 2.90. The largest absolute Gasteiger partial charge is 0.495 e. The van der Waals surface area contributed by atoms with Crippen LogP contribution in [0.5, 0.6) is 5.75 Å². The number of ether oxygens (including phenoxy) is 1. The highest BCUT2D eigenvalue weighted by Gasteiger charge is 2.29. The number of aromatic nitrogens is 2. The van der Waals surface area contributed by atoms with E-state index < -0.39 is 6.04 Å². The summed E-state index contributed by atoms with van der Waals surface area (Å²) in [6, 6.07) is 21.4. The molecule has 36 heavy (non-hydrogen) atoms. The maximum absolute atomic E-state index is 13.9. The smallest absolute Gasteiger partial charge is 0.322 e. The minimum atomic E-state index is -0.456. The summed E-state index contributed by atoms with van der Waals surface area (Å²) in [7, 11) is 1.57. The monoisotopic (exact) mass is 548 g/mol. The number of amides is 2. The van der Waals surface area contributed by atoms with Crippen LogP contribution in [0.15, 0.2) is 82.1 Å². The fourth-order valence-electron chi connectivity index (χ4n) is 4.33. The normalized spacial score (nSPS) is 11.8. The van der Waals surface area contributed by atoms with E-state index in [9.17, 15) is 9.59 Å². The molecule has 1 atom stereocenters. The van der Waals surface area contributed by atoms with Gasteiger partial charge in [0.25, 0.3) is 5.56 Å². The predicted molar refractivity (Wildman–Crippen MR) is 147 cm³/mol. The van der Waals surface area contributed by atoms with Gasteiger partial charge in [-0.25, -0.2) is 9.78 Å². The molecule has 1 N–H and O–H groups in total. The molecular formula is C28H29BrN4O3. The maximum atomic E-state index is 13.9. The highest BCUT2D eigenvalue weighted by atomic mass is 79.9. The Morgan fingerprint density at radius 1 is 1.06 bits per heavy atom. The zero-order chi connectivity index (χ0) is 25.7. The third kappa shape index (κ3) is 5.14. The van der Waals surface area contributed by atoms with Gasteiger partial charge in [-0.1, -0.05) is 54.0 Å². The molecule has 0 aliphatic carbocycles. The van der Waals surface area contributed by atoms with Crippen molar-refractivity contribution in [2.45, 2.75) is 32.7 Å². The SMILES string of the molecule is CCCN(C(=O)Nc1ccc(Br)cc1)C(CC)c1nc2ccccc2c(=O)n1-c1ccccc1OC. The number of benzene rings is 3. The minimum Gasteiger partial charge on any atom is -0.495 e. The lowest BCUT2D eigenvalue weighted by Gasteiger charge is -2.32. The van der Waals surface area contributed by atoms with Crippen molar-refractivity contribution in [3.05, 3.63) is 93.4 Å². The van der Waals surface area contributed by atoms with Crippen LogP contribution in [0, 0.1) is 0 Å². The van der Waals surface area contributed by atoms with Crippen molar-refractivity contribution in [3.63, 3.8) is 0 Å². The molecule has 4 rings (SSSR count). The number of anilines is 1. The number of fused-ring (bicyclic) bond motifs is 1. The molecule has 7 nitrogen and oxygen atoms in total. The van der Waals surface area contributed by atoms with Gasteiger partial charge in [0.1, 0.15) is 11.6 Å². The van der Waals surface area contributed by atoms with E-state index in [1.807, 2.05) is 80.6 Å². The number of carbonyl (C=O) groups is 1. The zero-order valence-corrected chi connectivity index (χ0v) is 22.2. The number of para-hydroxylation sites is 3. The van der Waals surface area contributed by atoms with Crippen LogP contribution in [0.4, 0.5) is 10.5 Å². The second kappa shape index (κ2) is 11.4. The fraction of sp³-hybridized carbons (Fsp3) is 0.250. The quantitative estimate of drug-likeness (QED) is 0.270. The number of halogens is 1. The first-order valence-electron chi connectivity index (χ1n) is 12.0. The third-order valence-corrected chi connectivity index (χ3v) is 6.54. The Kier molecular flexibility index (Phi) is 8.05. The Morgan fingerprint density at radius 3 is 2.44 bits per heavy atom. The summed E-state index contributed by atoms with van der Waals surface area (Å²) in [5, 5.41) is 3.50. The number of hydrogen-bond acceptors (Lipinski definition) is 4. The number of methoxy groups -OCH3 is 1. The lowest BCUT2D eigenvalue weighted by atomic mass is 10.1. The van der Waals surface area contributed by atoms with Gasteiger partial charge in [-0.3, -0.25) is 9.36 Å². The van der Waals surface area contributed by atoms with Gasteiger partial charge in [0.05, 0.1) is 29.7 Å². The van der Waals surface area contributed by atoms with E-state index in [1.54, 1.807) is 22.6 Å². The molecule has 186 valence electrons. The second-order valence-corrected chi connectivity index (χ2v) is 9.27. The number of hydrogen-bond donors (Lipinski definition) is 1. The molecule has 0 saturated heterocycles.